The normalized spacial score (nSPS) is 22.1. The third-order valence-electron chi connectivity index (χ3n) is 8.98. The number of alkyl halides is 3. The number of amides is 4. The molecular formula is C33H41F4N5O8. The molecule has 5 rings (SSSR count). The number of benzene rings is 1. The Bertz CT molecular complexity index is 1570. The van der Waals surface area contributed by atoms with Crippen LogP contribution < -0.4 is 16.0 Å². The van der Waals surface area contributed by atoms with E-state index in [-0.39, 0.29) is 36.8 Å². The molecule has 0 spiro atoms. The van der Waals surface area contributed by atoms with Gasteiger partial charge < -0.3 is 35.2 Å². The number of hydrogen-bond acceptors (Lipinski definition) is 9. The zero-order chi connectivity index (χ0) is 36.6. The fourth-order valence-electron chi connectivity index (χ4n) is 6.36. The largest absolute Gasteiger partial charge is 0.444 e. The van der Waals surface area contributed by atoms with Crippen LogP contribution >= 0.6 is 0 Å². The second kappa shape index (κ2) is 14.2. The molecule has 0 aromatic heterocycles. The smallest absolute Gasteiger partial charge is 0.419 e. The summed E-state index contributed by atoms with van der Waals surface area (Å²) in [7, 11) is 0. The van der Waals surface area contributed by atoms with Crippen molar-refractivity contribution < 1.29 is 55.8 Å². The minimum absolute atomic E-state index is 0.00929. The van der Waals surface area contributed by atoms with Crippen LogP contribution in [0.5, 0.6) is 0 Å². The molecule has 2 aliphatic heterocycles. The van der Waals surface area contributed by atoms with Crippen LogP contribution in [0.15, 0.2) is 17.3 Å². The van der Waals surface area contributed by atoms with Crippen LogP contribution in [0.4, 0.5) is 22.4 Å². The molecule has 0 unspecified atom stereocenters. The molecule has 2 heterocycles. The first kappa shape index (κ1) is 37.0. The van der Waals surface area contributed by atoms with E-state index in [1.54, 1.807) is 27.7 Å². The second-order valence-electron chi connectivity index (χ2n) is 14.2. The van der Waals surface area contributed by atoms with E-state index in [1.807, 2.05) is 0 Å². The number of Topliss-reactive ketones (excluding diaryl/α,β-unsaturated/α-hetero) is 1. The van der Waals surface area contributed by atoms with Crippen molar-refractivity contribution in [3.63, 3.8) is 0 Å². The minimum Gasteiger partial charge on any atom is -0.444 e. The van der Waals surface area contributed by atoms with Gasteiger partial charge in [0.05, 0.1) is 43.6 Å². The summed E-state index contributed by atoms with van der Waals surface area (Å²) < 4.78 is 68.5. The van der Waals surface area contributed by atoms with Gasteiger partial charge in [0.15, 0.2) is 5.60 Å². The number of carbonyl (C=O) groups is 5. The SMILES string of the molecule is CCC[C@H](NC(=O)CN(C[C@@]12CC(=NO1)c1ccc(F)c(C(F)(F)F)c12)C(=O)[C@@H](NC(=O)O[C@H]1CCOC1)C(C)(C)C)C(=O)C(=O)NC1CC1. The molecule has 2 aliphatic carbocycles. The highest BCUT2D eigenvalue weighted by molar-refractivity contribution is 6.38. The van der Waals surface area contributed by atoms with E-state index >= 15 is 0 Å². The summed E-state index contributed by atoms with van der Waals surface area (Å²) in [6.07, 6.45) is -4.56. The van der Waals surface area contributed by atoms with Crippen LogP contribution in [0, 0.1) is 11.2 Å². The fraction of sp³-hybridized carbons (Fsp3) is 0.636. The first-order valence-electron chi connectivity index (χ1n) is 16.6. The molecule has 0 radical (unpaired) electrons. The zero-order valence-electron chi connectivity index (χ0n) is 28.2. The molecule has 4 atom stereocenters. The number of ketones is 1. The highest BCUT2D eigenvalue weighted by Crippen LogP contribution is 2.51. The molecule has 2 bridgehead atoms. The number of alkyl carbamates (subject to hydrolysis) is 1. The summed E-state index contributed by atoms with van der Waals surface area (Å²) in [5.41, 5.74) is -5.13. The average molecular weight is 712 g/mol. The predicted octanol–water partition coefficient (Wildman–Crippen LogP) is 3.07. The highest BCUT2D eigenvalue weighted by Gasteiger charge is 2.57. The Labute approximate surface area is 285 Å². The van der Waals surface area contributed by atoms with E-state index in [0.29, 0.717) is 25.5 Å². The summed E-state index contributed by atoms with van der Waals surface area (Å²) in [5.74, 6) is -5.12. The second-order valence-corrected chi connectivity index (χ2v) is 14.2. The lowest BCUT2D eigenvalue weighted by Crippen LogP contribution is -2.59. The van der Waals surface area contributed by atoms with Gasteiger partial charge in [-0.3, -0.25) is 19.2 Å². The molecule has 1 aromatic carbocycles. The van der Waals surface area contributed by atoms with Crippen molar-refractivity contribution >= 4 is 35.3 Å². The maximum absolute atomic E-state index is 14.9. The molecule has 1 aromatic rings. The molecular weight excluding hydrogens is 670 g/mol. The maximum atomic E-state index is 14.9. The lowest BCUT2D eigenvalue weighted by molar-refractivity contribution is -0.150. The van der Waals surface area contributed by atoms with Crippen LogP contribution in [0.2, 0.25) is 0 Å². The Kier molecular flexibility index (Phi) is 10.5. The summed E-state index contributed by atoms with van der Waals surface area (Å²) in [6.45, 7) is 5.58. The van der Waals surface area contributed by atoms with E-state index < -0.39 is 95.0 Å². The minimum atomic E-state index is -5.15. The van der Waals surface area contributed by atoms with Crippen molar-refractivity contribution in [3.8, 4) is 0 Å². The standard InChI is InChI=1S/C33H41F4N5O8/c1-5-6-21(26(44)28(45)38-17-7-8-17)39-23(43)14-42(29(46)27(31(2,3)4)40-30(47)49-18-11-12-48-15-18)16-32-13-22(41-50-32)19-9-10-20(34)25(24(19)32)33(35,36)37/h9-10,17-18,21,27H,5-8,11-16H2,1-4H3,(H,38,45)(H,39,43)(H,40,47)/t18-,21-,27+,32+/m0/s1. The van der Waals surface area contributed by atoms with E-state index in [4.69, 9.17) is 14.3 Å². The number of carbonyl (C=O) groups excluding carboxylic acids is 5. The van der Waals surface area contributed by atoms with Crippen LogP contribution in [-0.4, -0.2) is 90.7 Å². The van der Waals surface area contributed by atoms with Gasteiger partial charge in [-0.25, -0.2) is 9.18 Å². The molecule has 13 nitrogen and oxygen atoms in total. The van der Waals surface area contributed by atoms with Crippen molar-refractivity contribution in [2.75, 3.05) is 26.3 Å². The summed E-state index contributed by atoms with van der Waals surface area (Å²) in [4.78, 5) is 72.9. The lowest BCUT2D eigenvalue weighted by Gasteiger charge is -2.38. The Morgan fingerprint density at radius 2 is 1.82 bits per heavy atom. The van der Waals surface area contributed by atoms with Crippen LogP contribution in [-0.2, 0) is 45.3 Å². The van der Waals surface area contributed by atoms with Gasteiger partial charge >= 0.3 is 12.3 Å². The van der Waals surface area contributed by atoms with Gasteiger partial charge in [0.1, 0.15) is 18.0 Å². The highest BCUT2D eigenvalue weighted by atomic mass is 19.4. The zero-order valence-corrected chi connectivity index (χ0v) is 28.2. The molecule has 4 amide bonds. The van der Waals surface area contributed by atoms with Gasteiger partial charge in [-0.2, -0.15) is 13.2 Å². The topological polar surface area (TPSA) is 165 Å². The van der Waals surface area contributed by atoms with Gasteiger partial charge in [0, 0.05) is 30.0 Å². The lowest BCUT2D eigenvalue weighted by atomic mass is 9.85. The van der Waals surface area contributed by atoms with Gasteiger partial charge in [0.2, 0.25) is 17.6 Å². The van der Waals surface area contributed by atoms with Crippen LogP contribution in [0.3, 0.4) is 0 Å². The van der Waals surface area contributed by atoms with Crippen molar-refractivity contribution in [3.05, 3.63) is 34.6 Å². The summed E-state index contributed by atoms with van der Waals surface area (Å²) >= 11 is 0. The molecule has 3 N–H and O–H groups in total. The molecule has 4 aliphatic rings. The van der Waals surface area contributed by atoms with E-state index in [9.17, 15) is 41.5 Å². The van der Waals surface area contributed by atoms with E-state index in [2.05, 4.69) is 21.1 Å². The Balaban J connectivity index is 1.46. The first-order chi connectivity index (χ1) is 23.4. The molecule has 274 valence electrons. The van der Waals surface area contributed by atoms with Crippen molar-refractivity contribution in [2.45, 2.75) is 102 Å². The van der Waals surface area contributed by atoms with Crippen molar-refractivity contribution in [1.82, 2.24) is 20.9 Å². The number of oxime groups is 1. The Morgan fingerprint density at radius 1 is 1.10 bits per heavy atom. The van der Waals surface area contributed by atoms with Gasteiger partial charge in [0.25, 0.3) is 5.91 Å². The van der Waals surface area contributed by atoms with Crippen LogP contribution in [0.25, 0.3) is 0 Å². The molecule has 1 saturated heterocycles. The maximum Gasteiger partial charge on any atom is 0.419 e. The fourth-order valence-corrected chi connectivity index (χ4v) is 6.36. The Hall–Kier alpha value is -4.28. The van der Waals surface area contributed by atoms with Crippen molar-refractivity contribution in [2.24, 2.45) is 10.6 Å². The number of nitrogens with zero attached hydrogens (tertiary/aromatic N) is 2. The summed E-state index contributed by atoms with van der Waals surface area (Å²) in [5, 5.41) is 11.5. The van der Waals surface area contributed by atoms with Gasteiger partial charge in [-0.1, -0.05) is 39.3 Å². The van der Waals surface area contributed by atoms with E-state index in [0.717, 1.165) is 23.8 Å². The number of halogens is 4. The predicted molar refractivity (Wildman–Crippen MR) is 167 cm³/mol. The van der Waals surface area contributed by atoms with Gasteiger partial charge in [-0.15, -0.1) is 0 Å². The average Bonchev–Trinajstić information content (AvgIpc) is 3.38. The van der Waals surface area contributed by atoms with Crippen LogP contribution in [0.1, 0.15) is 82.9 Å². The van der Waals surface area contributed by atoms with E-state index in [1.165, 1.54) is 0 Å². The number of nitrogens with one attached hydrogen (secondary N) is 3. The number of fused-ring (bicyclic) bond motifs is 5. The third-order valence-corrected chi connectivity index (χ3v) is 8.98. The van der Waals surface area contributed by atoms with Crippen molar-refractivity contribution in [1.29, 1.82) is 0 Å². The molecule has 50 heavy (non-hydrogen) atoms. The summed E-state index contributed by atoms with van der Waals surface area (Å²) in [6, 6.07) is -0.934. The quantitative estimate of drug-likeness (QED) is 0.208. The first-order valence-corrected chi connectivity index (χ1v) is 16.6. The molecule has 17 heteroatoms. The Morgan fingerprint density at radius 3 is 2.42 bits per heavy atom. The molecule has 1 saturated carbocycles. The molecule has 2 fully saturated rings. The number of ether oxygens (including phenoxy) is 2. The van der Waals surface area contributed by atoms with Gasteiger partial charge in [-0.05, 0) is 36.8 Å². The monoisotopic (exact) mass is 711 g/mol. The number of hydrogen-bond donors (Lipinski definition) is 3. The third kappa shape index (κ3) is 8.02. The number of rotatable bonds is 13.